The van der Waals surface area contributed by atoms with Gasteiger partial charge in [0.05, 0.1) is 26.9 Å². The smallest absolute Gasteiger partial charge is 0.271 e. The second-order valence-electron chi connectivity index (χ2n) is 7.59. The van der Waals surface area contributed by atoms with Crippen LogP contribution in [0.3, 0.4) is 0 Å². The van der Waals surface area contributed by atoms with E-state index in [0.29, 0.717) is 29.4 Å². The molecule has 0 amide bonds. The first-order chi connectivity index (χ1) is 16.8. The molecule has 0 aliphatic carbocycles. The number of hydrogen-bond acceptors (Lipinski definition) is 8. The number of ether oxygens (including phenoxy) is 4. The summed E-state index contributed by atoms with van der Waals surface area (Å²) in [7, 11) is 4.59. The van der Waals surface area contributed by atoms with Crippen LogP contribution in [-0.4, -0.2) is 43.4 Å². The Morgan fingerprint density at radius 3 is 2.26 bits per heavy atom. The van der Waals surface area contributed by atoms with E-state index in [-0.39, 0.29) is 29.8 Å². The molecule has 1 N–H and O–H groups in total. The van der Waals surface area contributed by atoms with Gasteiger partial charge in [-0.1, -0.05) is 6.07 Å². The maximum atomic E-state index is 13.0. The number of aromatic nitrogens is 1. The van der Waals surface area contributed by atoms with Crippen molar-refractivity contribution in [2.24, 2.45) is 0 Å². The summed E-state index contributed by atoms with van der Waals surface area (Å²) in [5, 5.41) is 20.4. The Labute approximate surface area is 202 Å². The maximum absolute atomic E-state index is 13.0. The zero-order chi connectivity index (χ0) is 25.5. The molecule has 35 heavy (non-hydrogen) atoms. The van der Waals surface area contributed by atoms with Gasteiger partial charge >= 0.3 is 0 Å². The fraction of sp³-hybridized carbons (Fsp3) is 0.269. The fourth-order valence-corrected chi connectivity index (χ4v) is 3.66. The van der Waals surface area contributed by atoms with Crippen LogP contribution in [0, 0.1) is 18.3 Å². The Bertz CT molecular complexity index is 1320. The van der Waals surface area contributed by atoms with E-state index < -0.39 is 17.2 Å². The number of benzene rings is 2. The standard InChI is InChI=1S/C26H26N2O7/c1-16-20(14-27)25(30)28(12-11-17-5-10-22(33-3)23(13-17)34-4)26(31)24(16)21(29)15-35-19-8-6-18(32-2)7-9-19/h5-10,13,31H,11-12,15H2,1-4H3. The number of nitriles is 1. The van der Waals surface area contributed by atoms with Gasteiger partial charge in [-0.05, 0) is 60.9 Å². The molecule has 9 nitrogen and oxygen atoms in total. The fourth-order valence-electron chi connectivity index (χ4n) is 3.66. The Balaban J connectivity index is 1.88. The van der Waals surface area contributed by atoms with Gasteiger partial charge in [-0.25, -0.2) is 0 Å². The van der Waals surface area contributed by atoms with Gasteiger partial charge in [-0.15, -0.1) is 0 Å². The number of Topliss-reactive ketones (excluding diaryl/α,β-unsaturated/α-hetero) is 1. The van der Waals surface area contributed by atoms with Crippen molar-refractivity contribution in [2.75, 3.05) is 27.9 Å². The summed E-state index contributed by atoms with van der Waals surface area (Å²) >= 11 is 0. The molecule has 3 aromatic rings. The van der Waals surface area contributed by atoms with Gasteiger partial charge in [0.1, 0.15) is 23.1 Å². The minimum absolute atomic E-state index is 0.0364. The molecule has 0 unspecified atom stereocenters. The van der Waals surface area contributed by atoms with Crippen LogP contribution in [0.4, 0.5) is 0 Å². The number of pyridine rings is 1. The van der Waals surface area contributed by atoms with Crippen LogP contribution in [0.5, 0.6) is 28.9 Å². The van der Waals surface area contributed by atoms with Crippen LogP contribution in [0.1, 0.15) is 27.0 Å². The average Bonchev–Trinajstić information content (AvgIpc) is 2.87. The lowest BCUT2D eigenvalue weighted by molar-refractivity contribution is 0.0916. The van der Waals surface area contributed by atoms with E-state index in [1.165, 1.54) is 28.3 Å². The van der Waals surface area contributed by atoms with Crippen molar-refractivity contribution in [3.8, 4) is 34.9 Å². The second-order valence-corrected chi connectivity index (χ2v) is 7.59. The Hall–Kier alpha value is -4.45. The summed E-state index contributed by atoms with van der Waals surface area (Å²) in [6.07, 6.45) is 0.331. The molecule has 0 saturated carbocycles. The summed E-state index contributed by atoms with van der Waals surface area (Å²) < 4.78 is 22.2. The Morgan fingerprint density at radius 1 is 1.00 bits per heavy atom. The van der Waals surface area contributed by atoms with Crippen LogP contribution < -0.4 is 24.5 Å². The number of nitrogens with zero attached hydrogens (tertiary/aromatic N) is 2. The molecular weight excluding hydrogens is 452 g/mol. The summed E-state index contributed by atoms with van der Waals surface area (Å²) in [5.74, 6) is 1.08. The number of hydrogen-bond donors (Lipinski definition) is 1. The zero-order valence-corrected chi connectivity index (χ0v) is 20.0. The number of rotatable bonds is 10. The third kappa shape index (κ3) is 5.38. The van der Waals surface area contributed by atoms with Gasteiger partial charge in [0.2, 0.25) is 11.7 Å². The van der Waals surface area contributed by atoms with Crippen LogP contribution >= 0.6 is 0 Å². The summed E-state index contributed by atoms with van der Waals surface area (Å²) in [5.41, 5.74) is -0.0788. The normalized spacial score (nSPS) is 10.4. The maximum Gasteiger partial charge on any atom is 0.271 e. The number of carbonyl (C=O) groups is 1. The van der Waals surface area contributed by atoms with Gasteiger partial charge in [0, 0.05) is 6.54 Å². The molecule has 0 bridgehead atoms. The number of aryl methyl sites for hydroxylation is 1. The van der Waals surface area contributed by atoms with E-state index in [1.807, 2.05) is 6.07 Å². The number of aromatic hydroxyl groups is 1. The van der Waals surface area contributed by atoms with Gasteiger partial charge < -0.3 is 24.1 Å². The summed E-state index contributed by atoms with van der Waals surface area (Å²) in [6.45, 7) is 1.10. The highest BCUT2D eigenvalue weighted by Crippen LogP contribution is 2.28. The molecule has 0 spiro atoms. The highest BCUT2D eigenvalue weighted by Gasteiger charge is 2.24. The molecule has 3 rings (SSSR count). The predicted molar refractivity (Wildman–Crippen MR) is 128 cm³/mol. The number of methoxy groups -OCH3 is 3. The Kier molecular flexibility index (Phi) is 8.00. The van der Waals surface area contributed by atoms with Crippen LogP contribution in [-0.2, 0) is 13.0 Å². The molecule has 0 aliphatic heterocycles. The molecule has 0 radical (unpaired) electrons. The molecule has 0 fully saturated rings. The van der Waals surface area contributed by atoms with E-state index in [4.69, 9.17) is 18.9 Å². The van der Waals surface area contributed by atoms with Crippen molar-refractivity contribution in [2.45, 2.75) is 19.9 Å². The van der Waals surface area contributed by atoms with Crippen molar-refractivity contribution >= 4 is 5.78 Å². The van der Waals surface area contributed by atoms with E-state index in [2.05, 4.69) is 0 Å². The molecule has 0 aliphatic rings. The predicted octanol–water partition coefficient (Wildman–Crippen LogP) is 3.26. The second kappa shape index (κ2) is 11.1. The summed E-state index contributed by atoms with van der Waals surface area (Å²) in [6, 6.07) is 13.8. The van der Waals surface area contributed by atoms with E-state index in [0.717, 1.165) is 10.1 Å². The Morgan fingerprint density at radius 2 is 1.66 bits per heavy atom. The lowest BCUT2D eigenvalue weighted by Gasteiger charge is -2.16. The first-order valence-electron chi connectivity index (χ1n) is 10.7. The van der Waals surface area contributed by atoms with Gasteiger partial charge in [-0.3, -0.25) is 14.2 Å². The van der Waals surface area contributed by atoms with E-state index in [1.54, 1.807) is 42.5 Å². The van der Waals surface area contributed by atoms with Crippen molar-refractivity contribution in [3.05, 3.63) is 75.1 Å². The van der Waals surface area contributed by atoms with Crippen molar-refractivity contribution in [3.63, 3.8) is 0 Å². The molecule has 9 heteroatoms. The molecule has 2 aromatic carbocycles. The average molecular weight is 479 g/mol. The minimum Gasteiger partial charge on any atom is -0.497 e. The van der Waals surface area contributed by atoms with Gasteiger partial charge in [0.15, 0.2) is 18.1 Å². The van der Waals surface area contributed by atoms with E-state index >= 15 is 0 Å². The quantitative estimate of drug-likeness (QED) is 0.441. The molecule has 1 aromatic heterocycles. The molecule has 0 saturated heterocycles. The van der Waals surface area contributed by atoms with Crippen molar-refractivity contribution in [1.82, 2.24) is 4.57 Å². The van der Waals surface area contributed by atoms with Crippen LogP contribution in [0.25, 0.3) is 0 Å². The largest absolute Gasteiger partial charge is 0.497 e. The van der Waals surface area contributed by atoms with Gasteiger partial charge in [-0.2, -0.15) is 5.26 Å². The highest BCUT2D eigenvalue weighted by molar-refractivity contribution is 6.01. The van der Waals surface area contributed by atoms with Crippen molar-refractivity contribution < 1.29 is 28.8 Å². The number of ketones is 1. The lowest BCUT2D eigenvalue weighted by Crippen LogP contribution is -2.28. The minimum atomic E-state index is -0.671. The first kappa shape index (κ1) is 25.2. The molecule has 1 heterocycles. The number of carbonyl (C=O) groups excluding carboxylic acids is 1. The highest BCUT2D eigenvalue weighted by atomic mass is 16.5. The van der Waals surface area contributed by atoms with E-state index in [9.17, 15) is 20.0 Å². The zero-order valence-electron chi connectivity index (χ0n) is 20.0. The van der Waals surface area contributed by atoms with Crippen LogP contribution in [0.2, 0.25) is 0 Å². The molecular formula is C26H26N2O7. The lowest BCUT2D eigenvalue weighted by atomic mass is 10.0. The molecule has 0 atom stereocenters. The topological polar surface area (TPSA) is 120 Å². The van der Waals surface area contributed by atoms with Crippen LogP contribution in [0.15, 0.2) is 47.3 Å². The SMILES string of the molecule is COc1ccc(OCC(=O)c2c(C)c(C#N)c(=O)n(CCc3ccc(OC)c(OC)c3)c2O)cc1. The third-order valence-corrected chi connectivity index (χ3v) is 5.58. The van der Waals surface area contributed by atoms with Gasteiger partial charge in [0.25, 0.3) is 5.56 Å². The summed E-state index contributed by atoms with van der Waals surface area (Å²) in [4.78, 5) is 25.9. The molecule has 182 valence electrons. The third-order valence-electron chi connectivity index (χ3n) is 5.58. The monoisotopic (exact) mass is 478 g/mol. The first-order valence-corrected chi connectivity index (χ1v) is 10.7. The van der Waals surface area contributed by atoms with Crippen molar-refractivity contribution in [1.29, 1.82) is 5.26 Å².